The number of piperazine rings is 1. The Labute approximate surface area is 102 Å². The Morgan fingerprint density at radius 1 is 1.31 bits per heavy atom. The van der Waals surface area contributed by atoms with Crippen molar-refractivity contribution >= 4 is 37.6 Å². The number of hydrogen-bond donors (Lipinski definition) is 2. The van der Waals surface area contributed by atoms with Crippen molar-refractivity contribution in [2.75, 3.05) is 31.1 Å². The summed E-state index contributed by atoms with van der Waals surface area (Å²) < 4.78 is 1.09. The molecule has 4 nitrogen and oxygen atoms in total. The minimum absolute atomic E-state index is 0.973. The molecular formula is C11H13AlN4. The Bertz CT molecular complexity index is 502. The van der Waals surface area contributed by atoms with Gasteiger partial charge in [0, 0.05) is 43.4 Å². The van der Waals surface area contributed by atoms with Crippen LogP contribution in [0.1, 0.15) is 0 Å². The van der Waals surface area contributed by atoms with Crippen LogP contribution in [0.4, 0.5) is 5.69 Å². The van der Waals surface area contributed by atoms with Gasteiger partial charge in [0.1, 0.15) is 5.65 Å². The second-order valence-electron chi connectivity index (χ2n) is 4.05. The van der Waals surface area contributed by atoms with E-state index in [4.69, 9.17) is 0 Å². The van der Waals surface area contributed by atoms with E-state index in [1.54, 1.807) is 0 Å². The SMILES string of the molecule is [Al][c]1cc2c(N3CCNCC3)ccnc2[nH]1. The van der Waals surface area contributed by atoms with Crippen LogP contribution in [0.15, 0.2) is 18.3 Å². The molecule has 0 aliphatic carbocycles. The summed E-state index contributed by atoms with van der Waals surface area (Å²) in [4.78, 5) is 10.0. The summed E-state index contributed by atoms with van der Waals surface area (Å²) in [5, 5.41) is 4.59. The number of rotatable bonds is 1. The van der Waals surface area contributed by atoms with Crippen molar-refractivity contribution in [1.82, 2.24) is 15.3 Å². The second-order valence-corrected chi connectivity index (χ2v) is 4.68. The van der Waals surface area contributed by atoms with Crippen LogP contribution in [-0.4, -0.2) is 52.4 Å². The van der Waals surface area contributed by atoms with Crippen LogP contribution in [0, 0.1) is 0 Å². The van der Waals surface area contributed by atoms with Crippen molar-refractivity contribution in [3.63, 3.8) is 0 Å². The molecule has 2 aromatic rings. The lowest BCUT2D eigenvalue weighted by molar-refractivity contribution is 0.590. The quantitative estimate of drug-likeness (QED) is 0.662. The van der Waals surface area contributed by atoms with E-state index in [9.17, 15) is 0 Å². The molecule has 0 bridgehead atoms. The van der Waals surface area contributed by atoms with Crippen molar-refractivity contribution in [1.29, 1.82) is 0 Å². The molecule has 3 rings (SSSR count). The van der Waals surface area contributed by atoms with E-state index in [0.29, 0.717) is 0 Å². The maximum Gasteiger partial charge on any atom is 0.205 e. The van der Waals surface area contributed by atoms with Crippen molar-refractivity contribution in [3.05, 3.63) is 18.3 Å². The van der Waals surface area contributed by atoms with E-state index in [1.807, 2.05) is 6.20 Å². The highest BCUT2D eigenvalue weighted by Crippen LogP contribution is 2.23. The molecule has 80 valence electrons. The summed E-state index contributed by atoms with van der Waals surface area (Å²) >= 11 is 2.69. The zero-order valence-electron chi connectivity index (χ0n) is 9.03. The monoisotopic (exact) mass is 228 g/mol. The van der Waals surface area contributed by atoms with Gasteiger partial charge in [0.2, 0.25) is 16.3 Å². The first-order valence-electron chi connectivity index (χ1n) is 5.53. The van der Waals surface area contributed by atoms with Gasteiger partial charge in [-0.05, 0) is 12.1 Å². The summed E-state index contributed by atoms with van der Waals surface area (Å²) in [6.45, 7) is 4.25. The maximum atomic E-state index is 4.35. The molecule has 0 atom stereocenters. The molecule has 2 N–H and O–H groups in total. The van der Waals surface area contributed by atoms with Gasteiger partial charge >= 0.3 is 0 Å². The van der Waals surface area contributed by atoms with Gasteiger partial charge in [0.15, 0.2) is 0 Å². The number of nitrogens with one attached hydrogen (secondary N) is 2. The molecule has 2 aromatic heterocycles. The number of aromatic nitrogens is 2. The Morgan fingerprint density at radius 3 is 2.94 bits per heavy atom. The van der Waals surface area contributed by atoms with Crippen LogP contribution in [0.2, 0.25) is 0 Å². The third kappa shape index (κ3) is 1.71. The molecule has 1 aliphatic rings. The lowest BCUT2D eigenvalue weighted by atomic mass is 10.2. The largest absolute Gasteiger partial charge is 0.368 e. The van der Waals surface area contributed by atoms with Crippen LogP contribution in [0.3, 0.4) is 0 Å². The number of fused-ring (bicyclic) bond motifs is 1. The lowest BCUT2D eigenvalue weighted by Crippen LogP contribution is -2.43. The zero-order valence-corrected chi connectivity index (χ0v) is 10.2. The van der Waals surface area contributed by atoms with Crippen LogP contribution in [-0.2, 0) is 0 Å². The highest BCUT2D eigenvalue weighted by molar-refractivity contribution is 6.32. The van der Waals surface area contributed by atoms with E-state index in [-0.39, 0.29) is 0 Å². The minimum Gasteiger partial charge on any atom is -0.368 e. The number of nitrogens with zero attached hydrogens (tertiary/aromatic N) is 2. The number of H-pyrrole nitrogens is 1. The molecule has 1 aliphatic heterocycles. The number of anilines is 1. The van der Waals surface area contributed by atoms with Crippen LogP contribution >= 0.6 is 0 Å². The lowest BCUT2D eigenvalue weighted by Gasteiger charge is -2.29. The molecule has 16 heavy (non-hydrogen) atoms. The maximum absolute atomic E-state index is 4.35. The summed E-state index contributed by atoms with van der Waals surface area (Å²) in [5.41, 5.74) is 2.26. The number of pyridine rings is 1. The summed E-state index contributed by atoms with van der Waals surface area (Å²) in [5.74, 6) is 0. The first-order valence-corrected chi connectivity index (χ1v) is 6.11. The van der Waals surface area contributed by atoms with E-state index in [1.165, 1.54) is 11.1 Å². The summed E-state index contributed by atoms with van der Waals surface area (Å²) in [6, 6.07) is 4.25. The number of hydrogen-bond acceptors (Lipinski definition) is 3. The van der Waals surface area contributed by atoms with E-state index < -0.39 is 0 Å². The highest BCUT2D eigenvalue weighted by atomic mass is 27.0. The smallest absolute Gasteiger partial charge is 0.205 e. The molecule has 0 saturated carbocycles. The summed E-state index contributed by atoms with van der Waals surface area (Å²) in [7, 11) is 0. The van der Waals surface area contributed by atoms with Gasteiger partial charge in [0.25, 0.3) is 0 Å². The third-order valence-corrected chi connectivity index (χ3v) is 3.30. The summed E-state index contributed by atoms with van der Waals surface area (Å²) in [6.07, 6.45) is 1.88. The van der Waals surface area contributed by atoms with Gasteiger partial charge < -0.3 is 15.2 Å². The first kappa shape index (κ1) is 10.2. The van der Waals surface area contributed by atoms with E-state index in [2.05, 4.69) is 48.6 Å². The van der Waals surface area contributed by atoms with Gasteiger partial charge in [-0.25, -0.2) is 4.98 Å². The molecule has 0 amide bonds. The molecule has 0 spiro atoms. The molecule has 1 saturated heterocycles. The van der Waals surface area contributed by atoms with E-state index >= 15 is 0 Å². The van der Waals surface area contributed by atoms with Gasteiger partial charge in [-0.3, -0.25) is 0 Å². The van der Waals surface area contributed by atoms with Crippen LogP contribution in [0.25, 0.3) is 11.0 Å². The highest BCUT2D eigenvalue weighted by Gasteiger charge is 2.13. The Kier molecular flexibility index (Phi) is 2.60. The van der Waals surface area contributed by atoms with Gasteiger partial charge in [-0.1, -0.05) is 4.56 Å². The van der Waals surface area contributed by atoms with Gasteiger partial charge in [-0.15, -0.1) is 0 Å². The molecule has 1 fully saturated rings. The molecule has 3 heterocycles. The van der Waals surface area contributed by atoms with Crippen molar-refractivity contribution < 1.29 is 0 Å². The molecule has 0 unspecified atom stereocenters. The standard InChI is InChI=1S/C11H13N4.Al/c1-3-13-11-9(1)10(2-4-14-11)15-7-5-12-6-8-15;/h1-2,4,12H,5-8H2,(H,13,14);. The molecule has 0 aromatic carbocycles. The van der Waals surface area contributed by atoms with Gasteiger partial charge in [0.05, 0.1) is 0 Å². The van der Waals surface area contributed by atoms with Crippen molar-refractivity contribution in [3.8, 4) is 0 Å². The second kappa shape index (κ2) is 4.10. The zero-order chi connectivity index (χ0) is 11.0. The molecule has 2 radical (unpaired) electrons. The van der Waals surface area contributed by atoms with Crippen molar-refractivity contribution in [2.45, 2.75) is 0 Å². The van der Waals surface area contributed by atoms with Crippen LogP contribution in [0.5, 0.6) is 0 Å². The fourth-order valence-corrected chi connectivity index (χ4v) is 2.52. The Morgan fingerprint density at radius 2 is 2.12 bits per heavy atom. The topological polar surface area (TPSA) is 44.0 Å². The number of aromatic amines is 1. The van der Waals surface area contributed by atoms with Crippen molar-refractivity contribution in [2.24, 2.45) is 0 Å². The molecule has 5 heteroatoms. The fourth-order valence-electron chi connectivity index (χ4n) is 2.21. The predicted molar refractivity (Wildman–Crippen MR) is 66.6 cm³/mol. The van der Waals surface area contributed by atoms with E-state index in [0.717, 1.165) is 36.4 Å². The normalized spacial score (nSPS) is 16.9. The molecular weight excluding hydrogens is 215 g/mol. The Hall–Kier alpha value is -1.02. The van der Waals surface area contributed by atoms with Gasteiger partial charge in [-0.2, -0.15) is 0 Å². The average molecular weight is 228 g/mol. The average Bonchev–Trinajstić information content (AvgIpc) is 2.70. The van der Waals surface area contributed by atoms with Crippen LogP contribution < -0.4 is 14.8 Å². The fraction of sp³-hybridized carbons (Fsp3) is 0.364. The minimum atomic E-state index is 0.973. The first-order chi connectivity index (χ1) is 7.84. The predicted octanol–water partition coefficient (Wildman–Crippen LogP) is -0.234. The third-order valence-electron chi connectivity index (χ3n) is 2.99. The Balaban J connectivity index is 2.07.